The first-order valence-corrected chi connectivity index (χ1v) is 5.56. The van der Waals surface area contributed by atoms with Crippen LogP contribution < -0.4 is 0 Å². The van der Waals surface area contributed by atoms with Gasteiger partial charge in [-0.1, -0.05) is 19.6 Å². The van der Waals surface area contributed by atoms with Crippen LogP contribution >= 0.6 is 0 Å². The average Bonchev–Trinajstić information content (AvgIpc) is 0.722. The van der Waals surface area contributed by atoms with Crippen molar-refractivity contribution in [2.24, 2.45) is 0 Å². The zero-order valence-electron chi connectivity index (χ0n) is 4.78. The van der Waals surface area contributed by atoms with Gasteiger partial charge in [0.05, 0.1) is 0 Å². The Hall–Kier alpha value is 1.32. The molecule has 2 heteroatoms. The average molecular weight is 176 g/mol. The van der Waals surface area contributed by atoms with Crippen LogP contribution in [0.15, 0.2) is 0 Å². The molecule has 0 saturated heterocycles. The summed E-state index contributed by atoms with van der Waals surface area (Å²) < 4.78 is 0. The van der Waals surface area contributed by atoms with Gasteiger partial charge >= 0.3 is 32.7 Å². The van der Waals surface area contributed by atoms with E-state index >= 15 is 0 Å². The maximum absolute atomic E-state index is 3.91. The fourth-order valence-corrected chi connectivity index (χ4v) is 0. The number of hydrogen-bond acceptors (Lipinski definition) is 0. The Kier molecular flexibility index (Phi) is 5.75. The van der Waals surface area contributed by atoms with Gasteiger partial charge in [0, 0.05) is 0 Å². The van der Waals surface area contributed by atoms with Gasteiger partial charge in [0.2, 0.25) is 0 Å². The van der Waals surface area contributed by atoms with E-state index in [1.54, 1.807) is 0 Å². The number of hydrogen-bond donors (Lipinski definition) is 0. The van der Waals surface area contributed by atoms with Gasteiger partial charge in [0.25, 0.3) is 0 Å². The second-order valence-electron chi connectivity index (χ2n) is 2.56. The third-order valence-corrected chi connectivity index (χ3v) is 0. The van der Waals surface area contributed by atoms with Crippen molar-refractivity contribution in [3.63, 3.8) is 0 Å². The summed E-state index contributed by atoms with van der Waals surface area (Å²) in [5.74, 6) is 0. The Morgan fingerprint density at radius 3 is 1.17 bits per heavy atom. The quantitative estimate of drug-likeness (QED) is 0.389. The molecule has 0 nitrogen and oxygen atoms in total. The van der Waals surface area contributed by atoms with E-state index in [2.05, 4.69) is 26.2 Å². The van der Waals surface area contributed by atoms with Crippen LogP contribution in [0.5, 0.6) is 0 Å². The van der Waals surface area contributed by atoms with Gasteiger partial charge in [-0.25, -0.2) is 0 Å². The van der Waals surface area contributed by atoms with Crippen molar-refractivity contribution in [3.8, 4) is 0 Å². The summed E-state index contributed by atoms with van der Waals surface area (Å²) in [5.41, 5.74) is 0. The molecular formula is C4H11SiY+2. The van der Waals surface area contributed by atoms with Crippen LogP contribution in [0.4, 0.5) is 0 Å². The van der Waals surface area contributed by atoms with Crippen LogP contribution in [0.2, 0.25) is 19.6 Å². The molecule has 0 fully saturated rings. The molecule has 0 radical (unpaired) electrons. The summed E-state index contributed by atoms with van der Waals surface area (Å²) in [6, 6.07) is 0. The third kappa shape index (κ3) is 56.9. The standard InChI is InChI=1S/C4H11Si.Y/c1-5(2,3)4;/h1H2,2-4H3;/q-1;+3. The maximum Gasteiger partial charge on any atom is 3.00 e. The largest absolute Gasteiger partial charge is 3.00 e. The molecule has 0 rings (SSSR count). The van der Waals surface area contributed by atoms with Crippen molar-refractivity contribution in [3.05, 3.63) is 6.55 Å². The van der Waals surface area contributed by atoms with Gasteiger partial charge < -0.3 is 6.55 Å². The Bertz CT molecular complexity index is 23.0. The predicted molar refractivity (Wildman–Crippen MR) is 28.7 cm³/mol. The van der Waals surface area contributed by atoms with Crippen molar-refractivity contribution in [1.29, 1.82) is 0 Å². The van der Waals surface area contributed by atoms with Gasteiger partial charge in [-0.15, -0.1) is 8.07 Å². The fourth-order valence-electron chi connectivity index (χ4n) is 0. The predicted octanol–water partition coefficient (Wildman–Crippen LogP) is 1.70. The van der Waals surface area contributed by atoms with Crippen LogP contribution in [0, 0.1) is 6.55 Å². The normalized spacial score (nSPS) is 10.0. The molecule has 0 aliphatic heterocycles. The zero-order valence-corrected chi connectivity index (χ0v) is 8.62. The molecule has 0 aromatic heterocycles. The minimum atomic E-state index is -0.861. The molecule has 0 N–H and O–H groups in total. The van der Waals surface area contributed by atoms with Crippen LogP contribution in [0.1, 0.15) is 0 Å². The second kappa shape index (κ2) is 3.34. The molecule has 0 aromatic carbocycles. The van der Waals surface area contributed by atoms with Gasteiger partial charge in [-0.2, -0.15) is 0 Å². The van der Waals surface area contributed by atoms with Gasteiger partial charge in [-0.3, -0.25) is 0 Å². The smallest absolute Gasteiger partial charge is 0.342 e. The molecular weight excluding hydrogens is 165 g/mol. The monoisotopic (exact) mass is 176 g/mol. The van der Waals surface area contributed by atoms with E-state index in [0.717, 1.165) is 0 Å². The first-order valence-electron chi connectivity index (χ1n) is 1.85. The number of rotatable bonds is 0. The third-order valence-electron chi connectivity index (χ3n) is 0. The van der Waals surface area contributed by atoms with Crippen LogP contribution in [-0.2, 0) is 32.7 Å². The molecule has 0 bridgehead atoms. The summed E-state index contributed by atoms with van der Waals surface area (Å²) in [6.07, 6.45) is 0. The van der Waals surface area contributed by atoms with Crippen molar-refractivity contribution < 1.29 is 32.7 Å². The zero-order chi connectivity index (χ0) is 4.50. The first-order chi connectivity index (χ1) is 2.00. The molecule has 32 valence electrons. The molecule has 6 heavy (non-hydrogen) atoms. The molecule has 0 aliphatic carbocycles. The van der Waals surface area contributed by atoms with Crippen LogP contribution in [-0.4, -0.2) is 8.07 Å². The Balaban J connectivity index is 0. The summed E-state index contributed by atoms with van der Waals surface area (Å²) in [4.78, 5) is 0. The van der Waals surface area contributed by atoms with Gasteiger partial charge in [-0.05, 0) is 0 Å². The Labute approximate surface area is 66.6 Å². The first kappa shape index (κ1) is 10.3. The van der Waals surface area contributed by atoms with Crippen molar-refractivity contribution in [2.75, 3.05) is 0 Å². The second-order valence-corrected chi connectivity index (χ2v) is 7.68. The molecule has 0 aliphatic rings. The van der Waals surface area contributed by atoms with Gasteiger partial charge in [0.15, 0.2) is 0 Å². The van der Waals surface area contributed by atoms with Gasteiger partial charge in [0.1, 0.15) is 0 Å². The molecule has 0 heterocycles. The summed E-state index contributed by atoms with van der Waals surface area (Å²) in [6.45, 7) is 10.6. The molecule has 0 amide bonds. The molecule has 0 aromatic rings. The van der Waals surface area contributed by atoms with Crippen molar-refractivity contribution in [1.82, 2.24) is 0 Å². The van der Waals surface area contributed by atoms with E-state index in [0.29, 0.717) is 0 Å². The van der Waals surface area contributed by atoms with E-state index < -0.39 is 8.07 Å². The van der Waals surface area contributed by atoms with E-state index in [4.69, 9.17) is 0 Å². The summed E-state index contributed by atoms with van der Waals surface area (Å²) in [5, 5.41) is 0. The molecule has 0 unspecified atom stereocenters. The van der Waals surface area contributed by atoms with Crippen molar-refractivity contribution in [2.45, 2.75) is 19.6 Å². The van der Waals surface area contributed by atoms with E-state index in [1.165, 1.54) is 0 Å². The molecule has 0 spiro atoms. The Morgan fingerprint density at radius 2 is 1.17 bits per heavy atom. The minimum absolute atomic E-state index is 0. The molecule has 0 saturated carbocycles. The topological polar surface area (TPSA) is 0 Å². The SMILES string of the molecule is [CH2-][Si](C)(C)C.[Y+3]. The van der Waals surface area contributed by atoms with E-state index in [-0.39, 0.29) is 32.7 Å². The summed E-state index contributed by atoms with van der Waals surface area (Å²) >= 11 is 0. The molecule has 0 atom stereocenters. The van der Waals surface area contributed by atoms with E-state index in [9.17, 15) is 0 Å². The van der Waals surface area contributed by atoms with Crippen molar-refractivity contribution >= 4 is 8.07 Å². The Morgan fingerprint density at radius 1 is 1.17 bits per heavy atom. The van der Waals surface area contributed by atoms with Crippen LogP contribution in [0.25, 0.3) is 0 Å². The maximum atomic E-state index is 3.91. The summed E-state index contributed by atoms with van der Waals surface area (Å²) in [7, 11) is -0.861. The van der Waals surface area contributed by atoms with Crippen LogP contribution in [0.3, 0.4) is 0 Å². The van der Waals surface area contributed by atoms with E-state index in [1.807, 2.05) is 0 Å². The minimum Gasteiger partial charge on any atom is -0.342 e. The fraction of sp³-hybridized carbons (Fsp3) is 0.750.